The number of nitrogens with zero attached hydrogens (tertiary/aromatic N) is 2. The number of benzene rings is 1. The molecule has 0 spiro atoms. The maximum Gasteiger partial charge on any atom is 0.0992 e. The molecule has 96 valence electrons. The highest BCUT2D eigenvalue weighted by Crippen LogP contribution is 2.25. The van der Waals surface area contributed by atoms with Crippen molar-refractivity contribution in [1.29, 1.82) is 5.26 Å². The number of aromatic amines is 1. The Labute approximate surface area is 113 Å². The van der Waals surface area contributed by atoms with Crippen LogP contribution in [0, 0.1) is 11.3 Å². The van der Waals surface area contributed by atoms with Crippen LogP contribution in [0.1, 0.15) is 24.6 Å². The van der Waals surface area contributed by atoms with E-state index in [-0.39, 0.29) is 0 Å². The predicted molar refractivity (Wildman–Crippen MR) is 77.7 cm³/mol. The summed E-state index contributed by atoms with van der Waals surface area (Å²) in [7, 11) is 0. The number of nitriles is 1. The van der Waals surface area contributed by atoms with Crippen LogP contribution in [-0.2, 0) is 0 Å². The lowest BCUT2D eigenvalue weighted by Crippen LogP contribution is -2.28. The van der Waals surface area contributed by atoms with Gasteiger partial charge in [0.05, 0.1) is 11.6 Å². The molecule has 3 nitrogen and oxygen atoms in total. The first-order chi connectivity index (χ1) is 9.30. The van der Waals surface area contributed by atoms with E-state index in [1.165, 1.54) is 16.7 Å². The second-order valence-corrected chi connectivity index (χ2v) is 4.97. The van der Waals surface area contributed by atoms with Crippen LogP contribution < -0.4 is 0 Å². The van der Waals surface area contributed by atoms with Crippen molar-refractivity contribution in [1.82, 2.24) is 9.88 Å². The molecule has 1 aliphatic rings. The van der Waals surface area contributed by atoms with Crippen LogP contribution in [0.5, 0.6) is 0 Å². The van der Waals surface area contributed by atoms with Gasteiger partial charge in [0, 0.05) is 29.7 Å². The average molecular weight is 251 g/mol. The van der Waals surface area contributed by atoms with Crippen LogP contribution in [-0.4, -0.2) is 29.5 Å². The highest BCUT2D eigenvalue weighted by molar-refractivity contribution is 5.85. The van der Waals surface area contributed by atoms with Gasteiger partial charge in [0.2, 0.25) is 0 Å². The Morgan fingerprint density at radius 1 is 1.37 bits per heavy atom. The summed E-state index contributed by atoms with van der Waals surface area (Å²) in [5.41, 5.74) is 4.34. The van der Waals surface area contributed by atoms with E-state index in [0.29, 0.717) is 5.56 Å². The van der Waals surface area contributed by atoms with E-state index >= 15 is 0 Å². The molecule has 0 aliphatic carbocycles. The van der Waals surface area contributed by atoms with Gasteiger partial charge in [-0.05, 0) is 36.7 Å². The fraction of sp³-hybridized carbons (Fsp3) is 0.312. The van der Waals surface area contributed by atoms with Crippen LogP contribution in [0.2, 0.25) is 0 Å². The topological polar surface area (TPSA) is 42.8 Å². The van der Waals surface area contributed by atoms with E-state index in [2.05, 4.69) is 35.0 Å². The molecule has 0 bridgehead atoms. The molecule has 0 unspecified atom stereocenters. The SMILES string of the molecule is CCN1CC=C(c2cc3ccc(C#N)cc3[nH]2)CC1. The lowest BCUT2D eigenvalue weighted by Gasteiger charge is -2.24. The summed E-state index contributed by atoms with van der Waals surface area (Å²) in [5.74, 6) is 0. The maximum atomic E-state index is 8.93. The van der Waals surface area contributed by atoms with E-state index in [1.54, 1.807) is 0 Å². The Bertz CT molecular complexity index is 673. The van der Waals surface area contributed by atoms with Gasteiger partial charge in [0.1, 0.15) is 0 Å². The van der Waals surface area contributed by atoms with Gasteiger partial charge in [-0.3, -0.25) is 4.90 Å². The second kappa shape index (κ2) is 4.91. The van der Waals surface area contributed by atoms with Crippen LogP contribution >= 0.6 is 0 Å². The monoisotopic (exact) mass is 251 g/mol. The standard InChI is InChI=1S/C16H17N3/c1-2-19-7-5-13(6-8-19)16-10-14-4-3-12(11-17)9-15(14)18-16/h3-5,9-10,18H,2,6-8H2,1H3. The molecule has 1 N–H and O–H groups in total. The summed E-state index contributed by atoms with van der Waals surface area (Å²) in [6, 6.07) is 10.2. The van der Waals surface area contributed by atoms with Crippen molar-refractivity contribution in [3.05, 3.63) is 41.6 Å². The van der Waals surface area contributed by atoms with Gasteiger partial charge < -0.3 is 4.98 Å². The first-order valence-corrected chi connectivity index (χ1v) is 6.75. The quantitative estimate of drug-likeness (QED) is 0.891. The Balaban J connectivity index is 1.94. The number of fused-ring (bicyclic) bond motifs is 1. The molecule has 2 aromatic rings. The Kier molecular flexibility index (Phi) is 3.10. The molecular weight excluding hydrogens is 234 g/mol. The molecule has 0 atom stereocenters. The van der Waals surface area contributed by atoms with Crippen molar-refractivity contribution in [3.63, 3.8) is 0 Å². The number of hydrogen-bond acceptors (Lipinski definition) is 2. The summed E-state index contributed by atoms with van der Waals surface area (Å²) >= 11 is 0. The van der Waals surface area contributed by atoms with Crippen LogP contribution in [0.15, 0.2) is 30.3 Å². The maximum absolute atomic E-state index is 8.93. The lowest BCUT2D eigenvalue weighted by molar-refractivity contribution is 0.318. The number of aromatic nitrogens is 1. The smallest absolute Gasteiger partial charge is 0.0992 e. The molecule has 3 rings (SSSR count). The summed E-state index contributed by atoms with van der Waals surface area (Å²) < 4.78 is 0. The molecule has 3 heteroatoms. The van der Waals surface area contributed by atoms with E-state index < -0.39 is 0 Å². The Morgan fingerprint density at radius 2 is 2.26 bits per heavy atom. The number of likely N-dealkylation sites (N-methyl/N-ethyl adjacent to an activating group) is 1. The molecule has 1 aliphatic heterocycles. The minimum absolute atomic E-state index is 0.704. The third-order valence-electron chi connectivity index (χ3n) is 3.84. The van der Waals surface area contributed by atoms with Gasteiger partial charge in [0.15, 0.2) is 0 Å². The number of nitrogens with one attached hydrogen (secondary N) is 1. The lowest BCUT2D eigenvalue weighted by atomic mass is 10.0. The summed E-state index contributed by atoms with van der Waals surface area (Å²) in [6.07, 6.45) is 3.40. The zero-order valence-electron chi connectivity index (χ0n) is 11.1. The fourth-order valence-electron chi connectivity index (χ4n) is 2.61. The van der Waals surface area contributed by atoms with E-state index in [1.807, 2.05) is 18.2 Å². The summed E-state index contributed by atoms with van der Waals surface area (Å²) in [5, 5.41) is 10.1. The minimum Gasteiger partial charge on any atom is -0.355 e. The van der Waals surface area contributed by atoms with Crippen molar-refractivity contribution in [2.75, 3.05) is 19.6 Å². The van der Waals surface area contributed by atoms with Gasteiger partial charge in [-0.25, -0.2) is 0 Å². The molecule has 1 aromatic heterocycles. The largest absolute Gasteiger partial charge is 0.355 e. The van der Waals surface area contributed by atoms with E-state index in [4.69, 9.17) is 5.26 Å². The fourth-order valence-corrected chi connectivity index (χ4v) is 2.61. The van der Waals surface area contributed by atoms with Crippen LogP contribution in [0.3, 0.4) is 0 Å². The van der Waals surface area contributed by atoms with Gasteiger partial charge in [-0.15, -0.1) is 0 Å². The number of H-pyrrole nitrogens is 1. The molecule has 0 saturated carbocycles. The molecule has 0 amide bonds. The number of hydrogen-bond donors (Lipinski definition) is 1. The Morgan fingerprint density at radius 3 is 2.95 bits per heavy atom. The third-order valence-corrected chi connectivity index (χ3v) is 3.84. The number of rotatable bonds is 2. The zero-order chi connectivity index (χ0) is 13.2. The first kappa shape index (κ1) is 12.0. The molecule has 0 saturated heterocycles. The molecule has 1 aromatic carbocycles. The van der Waals surface area contributed by atoms with Gasteiger partial charge in [0.25, 0.3) is 0 Å². The highest BCUT2D eigenvalue weighted by atomic mass is 15.1. The highest BCUT2D eigenvalue weighted by Gasteiger charge is 2.13. The van der Waals surface area contributed by atoms with Crippen molar-refractivity contribution in [2.45, 2.75) is 13.3 Å². The van der Waals surface area contributed by atoms with Gasteiger partial charge >= 0.3 is 0 Å². The third kappa shape index (κ3) is 2.27. The first-order valence-electron chi connectivity index (χ1n) is 6.75. The average Bonchev–Trinajstić information content (AvgIpc) is 2.90. The molecule has 2 heterocycles. The normalized spacial score (nSPS) is 16.3. The molecule has 0 radical (unpaired) electrons. The van der Waals surface area contributed by atoms with E-state index in [9.17, 15) is 0 Å². The Hall–Kier alpha value is -2.05. The molecule has 0 fully saturated rings. The van der Waals surface area contributed by atoms with Crippen LogP contribution in [0.25, 0.3) is 16.5 Å². The van der Waals surface area contributed by atoms with Gasteiger partial charge in [-0.1, -0.05) is 19.1 Å². The van der Waals surface area contributed by atoms with Crippen molar-refractivity contribution < 1.29 is 0 Å². The van der Waals surface area contributed by atoms with E-state index in [0.717, 1.165) is 31.6 Å². The zero-order valence-corrected chi connectivity index (χ0v) is 11.1. The minimum atomic E-state index is 0.704. The predicted octanol–water partition coefficient (Wildman–Crippen LogP) is 3.15. The molecular formula is C16H17N3. The van der Waals surface area contributed by atoms with Crippen LogP contribution in [0.4, 0.5) is 0 Å². The van der Waals surface area contributed by atoms with Gasteiger partial charge in [-0.2, -0.15) is 5.26 Å². The summed E-state index contributed by atoms with van der Waals surface area (Å²) in [4.78, 5) is 5.87. The summed E-state index contributed by atoms with van der Waals surface area (Å²) in [6.45, 7) is 5.47. The van der Waals surface area contributed by atoms with Crippen molar-refractivity contribution in [2.24, 2.45) is 0 Å². The second-order valence-electron chi connectivity index (χ2n) is 4.97. The van der Waals surface area contributed by atoms with Crippen molar-refractivity contribution >= 4 is 16.5 Å². The molecule has 19 heavy (non-hydrogen) atoms. The van der Waals surface area contributed by atoms with Crippen molar-refractivity contribution in [3.8, 4) is 6.07 Å².